The van der Waals surface area contributed by atoms with E-state index in [4.69, 9.17) is 22.1 Å². The number of amides is 1. The third-order valence-electron chi connectivity index (χ3n) is 3.29. The molecule has 18 heavy (non-hydrogen) atoms. The van der Waals surface area contributed by atoms with Gasteiger partial charge in [0.1, 0.15) is 0 Å². The van der Waals surface area contributed by atoms with Crippen molar-refractivity contribution in [2.24, 2.45) is 5.92 Å². The maximum atomic E-state index is 12.0. The number of carbonyl (C=O) groups excluding carboxylic acids is 1. The SMILES string of the molecule is CC(NC(=O)c1ccc(Cl)c(N)c1)C1CCOC1. The molecule has 1 heterocycles. The number of nitrogens with one attached hydrogen (secondary N) is 1. The Morgan fingerprint density at radius 2 is 2.39 bits per heavy atom. The van der Waals surface area contributed by atoms with Crippen molar-refractivity contribution in [3.8, 4) is 0 Å². The average Bonchev–Trinajstić information content (AvgIpc) is 2.86. The summed E-state index contributed by atoms with van der Waals surface area (Å²) < 4.78 is 5.31. The zero-order valence-electron chi connectivity index (χ0n) is 10.3. The van der Waals surface area contributed by atoms with Crippen LogP contribution < -0.4 is 11.1 Å². The van der Waals surface area contributed by atoms with E-state index in [-0.39, 0.29) is 11.9 Å². The molecule has 0 radical (unpaired) electrons. The zero-order chi connectivity index (χ0) is 13.1. The lowest BCUT2D eigenvalue weighted by Gasteiger charge is -2.19. The monoisotopic (exact) mass is 268 g/mol. The first-order valence-corrected chi connectivity index (χ1v) is 6.39. The summed E-state index contributed by atoms with van der Waals surface area (Å²) in [6, 6.07) is 4.99. The summed E-state index contributed by atoms with van der Waals surface area (Å²) in [5, 5.41) is 3.43. The van der Waals surface area contributed by atoms with E-state index in [2.05, 4.69) is 5.32 Å². The Bertz CT molecular complexity index is 445. The van der Waals surface area contributed by atoms with Crippen LogP contribution >= 0.6 is 11.6 Å². The lowest BCUT2D eigenvalue weighted by molar-refractivity contribution is 0.0922. The Hall–Kier alpha value is -1.26. The van der Waals surface area contributed by atoms with Gasteiger partial charge in [-0.3, -0.25) is 4.79 Å². The predicted molar refractivity (Wildman–Crippen MR) is 71.7 cm³/mol. The van der Waals surface area contributed by atoms with Crippen LogP contribution in [-0.4, -0.2) is 25.2 Å². The normalized spacial score (nSPS) is 20.7. The number of hydrogen-bond acceptors (Lipinski definition) is 3. The van der Waals surface area contributed by atoms with Gasteiger partial charge in [-0.15, -0.1) is 0 Å². The molecule has 5 heteroatoms. The Morgan fingerprint density at radius 1 is 1.61 bits per heavy atom. The second kappa shape index (κ2) is 5.59. The van der Waals surface area contributed by atoms with Crippen molar-refractivity contribution >= 4 is 23.2 Å². The highest BCUT2D eigenvalue weighted by Gasteiger charge is 2.23. The third kappa shape index (κ3) is 2.94. The molecule has 0 spiro atoms. The first kappa shape index (κ1) is 13.2. The molecule has 2 rings (SSSR count). The van der Waals surface area contributed by atoms with Crippen LogP contribution in [0, 0.1) is 5.92 Å². The van der Waals surface area contributed by atoms with Gasteiger partial charge in [0.15, 0.2) is 0 Å². The standard InChI is InChI=1S/C13H17ClN2O2/c1-8(10-4-5-18-7-10)16-13(17)9-2-3-11(14)12(15)6-9/h2-3,6,8,10H,4-5,7,15H2,1H3,(H,16,17). The molecule has 3 N–H and O–H groups in total. The van der Waals surface area contributed by atoms with Gasteiger partial charge >= 0.3 is 0 Å². The van der Waals surface area contributed by atoms with Crippen LogP contribution in [-0.2, 0) is 4.74 Å². The number of nitrogens with two attached hydrogens (primary N) is 1. The minimum atomic E-state index is -0.127. The molecule has 2 atom stereocenters. The third-order valence-corrected chi connectivity index (χ3v) is 3.63. The van der Waals surface area contributed by atoms with Crippen LogP contribution in [0.3, 0.4) is 0 Å². The number of halogens is 1. The van der Waals surface area contributed by atoms with E-state index in [1.165, 1.54) is 0 Å². The van der Waals surface area contributed by atoms with E-state index in [9.17, 15) is 4.79 Å². The van der Waals surface area contributed by atoms with Gasteiger partial charge < -0.3 is 15.8 Å². The highest BCUT2D eigenvalue weighted by molar-refractivity contribution is 6.33. The summed E-state index contributed by atoms with van der Waals surface area (Å²) in [5.74, 6) is 0.261. The largest absolute Gasteiger partial charge is 0.398 e. The summed E-state index contributed by atoms with van der Waals surface area (Å²) in [7, 11) is 0. The van der Waals surface area contributed by atoms with Crippen molar-refractivity contribution in [1.82, 2.24) is 5.32 Å². The summed E-state index contributed by atoms with van der Waals surface area (Å²) >= 11 is 5.82. The fourth-order valence-corrected chi connectivity index (χ4v) is 2.16. The van der Waals surface area contributed by atoms with Crippen molar-refractivity contribution in [1.29, 1.82) is 0 Å². The lowest BCUT2D eigenvalue weighted by Crippen LogP contribution is -2.38. The molecule has 0 bridgehead atoms. The number of nitrogen functional groups attached to an aromatic ring is 1. The van der Waals surface area contributed by atoms with E-state index in [0.717, 1.165) is 13.0 Å². The molecule has 4 nitrogen and oxygen atoms in total. The Labute approximate surface area is 111 Å². The number of ether oxygens (including phenoxy) is 1. The second-order valence-corrected chi connectivity index (χ2v) is 5.03. The van der Waals surface area contributed by atoms with Crippen LogP contribution in [0.25, 0.3) is 0 Å². The quantitative estimate of drug-likeness (QED) is 0.825. The smallest absolute Gasteiger partial charge is 0.251 e. The van der Waals surface area contributed by atoms with Gasteiger partial charge in [-0.1, -0.05) is 11.6 Å². The van der Waals surface area contributed by atoms with Gasteiger partial charge in [-0.05, 0) is 31.5 Å². The fourth-order valence-electron chi connectivity index (χ4n) is 2.04. The van der Waals surface area contributed by atoms with Crippen LogP contribution in [0.15, 0.2) is 18.2 Å². The number of anilines is 1. The summed E-state index contributed by atoms with van der Waals surface area (Å²) in [6.07, 6.45) is 0.990. The average molecular weight is 269 g/mol. The van der Waals surface area contributed by atoms with E-state index in [1.54, 1.807) is 18.2 Å². The minimum Gasteiger partial charge on any atom is -0.398 e. The first-order valence-electron chi connectivity index (χ1n) is 6.01. The van der Waals surface area contributed by atoms with Gasteiger partial charge in [0.2, 0.25) is 0 Å². The van der Waals surface area contributed by atoms with Gasteiger partial charge in [-0.2, -0.15) is 0 Å². The van der Waals surface area contributed by atoms with Gasteiger partial charge in [0.05, 0.1) is 17.3 Å². The number of carbonyl (C=O) groups is 1. The van der Waals surface area contributed by atoms with Gasteiger partial charge in [0.25, 0.3) is 5.91 Å². The Kier molecular flexibility index (Phi) is 4.09. The molecule has 2 unspecified atom stereocenters. The Balaban J connectivity index is 2.00. The fraction of sp³-hybridized carbons (Fsp3) is 0.462. The van der Waals surface area contributed by atoms with Gasteiger partial charge in [0, 0.05) is 24.1 Å². The highest BCUT2D eigenvalue weighted by atomic mass is 35.5. The van der Waals surface area contributed by atoms with E-state index < -0.39 is 0 Å². The van der Waals surface area contributed by atoms with Crippen molar-refractivity contribution in [2.75, 3.05) is 18.9 Å². The molecule has 1 aliphatic rings. The summed E-state index contributed by atoms with van der Waals surface area (Å²) in [6.45, 7) is 3.49. The minimum absolute atomic E-state index is 0.0944. The molecule has 1 aromatic carbocycles. The first-order chi connectivity index (χ1) is 8.58. The molecule has 0 aromatic heterocycles. The molecule has 1 saturated heterocycles. The van der Waals surface area contributed by atoms with E-state index in [1.807, 2.05) is 6.92 Å². The highest BCUT2D eigenvalue weighted by Crippen LogP contribution is 2.20. The topological polar surface area (TPSA) is 64.4 Å². The predicted octanol–water partition coefficient (Wildman–Crippen LogP) is 2.08. The summed E-state index contributed by atoms with van der Waals surface area (Å²) in [4.78, 5) is 12.0. The van der Waals surface area contributed by atoms with Crippen LogP contribution in [0.2, 0.25) is 5.02 Å². The number of hydrogen-bond donors (Lipinski definition) is 2. The molecule has 98 valence electrons. The molecule has 1 aromatic rings. The van der Waals surface area contributed by atoms with Crippen LogP contribution in [0.5, 0.6) is 0 Å². The van der Waals surface area contributed by atoms with Crippen molar-refractivity contribution in [3.63, 3.8) is 0 Å². The zero-order valence-corrected chi connectivity index (χ0v) is 11.0. The Morgan fingerprint density at radius 3 is 3.00 bits per heavy atom. The summed E-state index contributed by atoms with van der Waals surface area (Å²) in [5.41, 5.74) is 6.63. The number of benzene rings is 1. The molecular formula is C13H17ClN2O2. The van der Waals surface area contributed by atoms with E-state index in [0.29, 0.717) is 28.8 Å². The molecule has 0 saturated carbocycles. The number of rotatable bonds is 3. The van der Waals surface area contributed by atoms with Crippen molar-refractivity contribution < 1.29 is 9.53 Å². The van der Waals surface area contributed by atoms with Crippen molar-refractivity contribution in [2.45, 2.75) is 19.4 Å². The molecule has 1 fully saturated rings. The molecule has 1 aliphatic heterocycles. The maximum Gasteiger partial charge on any atom is 0.251 e. The lowest BCUT2D eigenvalue weighted by atomic mass is 10.0. The second-order valence-electron chi connectivity index (χ2n) is 4.62. The van der Waals surface area contributed by atoms with Gasteiger partial charge in [-0.25, -0.2) is 0 Å². The maximum absolute atomic E-state index is 12.0. The van der Waals surface area contributed by atoms with Crippen LogP contribution in [0.4, 0.5) is 5.69 Å². The molecular weight excluding hydrogens is 252 g/mol. The van der Waals surface area contributed by atoms with E-state index >= 15 is 0 Å². The van der Waals surface area contributed by atoms with Crippen LogP contribution in [0.1, 0.15) is 23.7 Å². The molecule has 1 amide bonds. The molecule has 0 aliphatic carbocycles. The van der Waals surface area contributed by atoms with Crippen molar-refractivity contribution in [3.05, 3.63) is 28.8 Å².